The highest BCUT2D eigenvalue weighted by atomic mass is 35.5. The topological polar surface area (TPSA) is 86.8 Å². The monoisotopic (exact) mass is 637 g/mol. The second-order valence-corrected chi connectivity index (χ2v) is 12.6. The predicted octanol–water partition coefficient (Wildman–Crippen LogP) is 6.50. The molecule has 0 aliphatic heterocycles. The van der Waals surface area contributed by atoms with Gasteiger partial charge in [-0.3, -0.25) is 13.9 Å². The molecule has 43 heavy (non-hydrogen) atoms. The van der Waals surface area contributed by atoms with E-state index in [1.54, 1.807) is 31.2 Å². The van der Waals surface area contributed by atoms with Gasteiger partial charge in [0, 0.05) is 13.1 Å². The van der Waals surface area contributed by atoms with Crippen LogP contribution in [-0.4, -0.2) is 44.3 Å². The maximum absolute atomic E-state index is 13.9. The molecule has 3 aromatic rings. The number of hydrogen-bond donors (Lipinski definition) is 1. The predicted molar refractivity (Wildman–Crippen MR) is 161 cm³/mol. The van der Waals surface area contributed by atoms with Crippen LogP contribution in [0.3, 0.4) is 0 Å². The SMILES string of the molecule is CCCCNC(=O)[C@H](C)N(Cc1ccc(C)cc1)C(=O)CN(c1ccc(Cl)c(C(F)(F)F)c1)S(=O)(=O)c1ccc(C)cc1. The number of carbonyl (C=O) groups excluding carboxylic acids is 2. The van der Waals surface area contributed by atoms with Crippen molar-refractivity contribution in [2.75, 3.05) is 17.4 Å². The molecule has 0 fully saturated rings. The molecule has 12 heteroatoms. The van der Waals surface area contributed by atoms with E-state index in [0.29, 0.717) is 22.5 Å². The molecule has 1 atom stereocenters. The lowest BCUT2D eigenvalue weighted by molar-refractivity contribution is -0.139. The van der Waals surface area contributed by atoms with E-state index in [1.165, 1.54) is 24.0 Å². The quantitative estimate of drug-likeness (QED) is 0.230. The van der Waals surface area contributed by atoms with E-state index < -0.39 is 56.9 Å². The van der Waals surface area contributed by atoms with Crippen molar-refractivity contribution in [3.63, 3.8) is 0 Å². The molecule has 0 aliphatic rings. The summed E-state index contributed by atoms with van der Waals surface area (Å²) in [6.45, 7) is 6.63. The number of sulfonamides is 1. The molecule has 0 saturated carbocycles. The zero-order valence-electron chi connectivity index (χ0n) is 24.4. The third kappa shape index (κ3) is 8.73. The Morgan fingerprint density at radius 1 is 0.953 bits per heavy atom. The molecule has 0 aromatic heterocycles. The molecule has 7 nitrogen and oxygen atoms in total. The number of hydrogen-bond acceptors (Lipinski definition) is 4. The van der Waals surface area contributed by atoms with E-state index in [2.05, 4.69) is 5.32 Å². The van der Waals surface area contributed by atoms with Gasteiger partial charge < -0.3 is 10.2 Å². The van der Waals surface area contributed by atoms with Crippen LogP contribution in [0.5, 0.6) is 0 Å². The van der Waals surface area contributed by atoms with Crippen LogP contribution < -0.4 is 9.62 Å². The molecule has 3 aromatic carbocycles. The van der Waals surface area contributed by atoms with E-state index in [4.69, 9.17) is 11.6 Å². The maximum Gasteiger partial charge on any atom is 0.417 e. The molecule has 0 unspecified atom stereocenters. The van der Waals surface area contributed by atoms with Crippen LogP contribution in [-0.2, 0) is 32.3 Å². The number of amides is 2. The Morgan fingerprint density at radius 2 is 1.53 bits per heavy atom. The molecule has 232 valence electrons. The van der Waals surface area contributed by atoms with E-state index >= 15 is 0 Å². The van der Waals surface area contributed by atoms with Crippen molar-refractivity contribution < 1.29 is 31.2 Å². The minimum atomic E-state index is -4.88. The van der Waals surface area contributed by atoms with Crippen LogP contribution in [0.4, 0.5) is 18.9 Å². The maximum atomic E-state index is 13.9. The molecule has 3 rings (SSSR count). The van der Waals surface area contributed by atoms with Crippen molar-refractivity contribution in [3.05, 3.63) is 94.0 Å². The number of carbonyl (C=O) groups is 2. The number of unbranched alkanes of at least 4 members (excludes halogenated alkanes) is 1. The molecule has 0 bridgehead atoms. The second-order valence-electron chi connectivity index (χ2n) is 10.3. The zero-order valence-corrected chi connectivity index (χ0v) is 26.0. The Kier molecular flexibility index (Phi) is 11.3. The van der Waals surface area contributed by atoms with Gasteiger partial charge in [0.2, 0.25) is 11.8 Å². The molecular formula is C31H35ClF3N3O4S. The first kappa shape index (κ1) is 33.9. The van der Waals surface area contributed by atoms with E-state index in [0.717, 1.165) is 36.1 Å². The minimum Gasteiger partial charge on any atom is -0.354 e. The van der Waals surface area contributed by atoms with Gasteiger partial charge in [0.1, 0.15) is 12.6 Å². The molecule has 0 spiro atoms. The number of nitrogens with zero attached hydrogens (tertiary/aromatic N) is 2. The van der Waals surface area contributed by atoms with Crippen LogP contribution in [0.15, 0.2) is 71.6 Å². The summed E-state index contributed by atoms with van der Waals surface area (Å²) in [5.41, 5.74) is 0.778. The van der Waals surface area contributed by atoms with Gasteiger partial charge in [0.25, 0.3) is 10.0 Å². The first-order valence-corrected chi connectivity index (χ1v) is 15.6. The minimum absolute atomic E-state index is 0.0334. The number of halogens is 4. The smallest absolute Gasteiger partial charge is 0.354 e. The fourth-order valence-corrected chi connectivity index (χ4v) is 5.89. The largest absolute Gasteiger partial charge is 0.417 e. The summed E-state index contributed by atoms with van der Waals surface area (Å²) in [6.07, 6.45) is -3.31. The fraction of sp³-hybridized carbons (Fsp3) is 0.355. The van der Waals surface area contributed by atoms with Gasteiger partial charge in [0.15, 0.2) is 0 Å². The van der Waals surface area contributed by atoms with Gasteiger partial charge in [-0.05, 0) is 63.1 Å². The van der Waals surface area contributed by atoms with Crippen molar-refractivity contribution in [1.82, 2.24) is 10.2 Å². The van der Waals surface area contributed by atoms with Crippen molar-refractivity contribution in [3.8, 4) is 0 Å². The summed E-state index contributed by atoms with van der Waals surface area (Å²) in [4.78, 5) is 28.0. The number of aryl methyl sites for hydroxylation is 2. The zero-order chi connectivity index (χ0) is 31.9. The van der Waals surface area contributed by atoms with E-state index in [-0.39, 0.29) is 11.4 Å². The summed E-state index contributed by atoms with van der Waals surface area (Å²) in [7, 11) is -4.54. The Balaban J connectivity index is 2.09. The standard InChI is InChI=1S/C31H35ClF3N3O4S/c1-5-6-17-36-30(40)23(4)37(19-24-11-7-21(2)8-12-24)29(39)20-38(43(41,42)26-14-9-22(3)10-15-26)25-13-16-28(32)27(18-25)31(33,34)35/h7-16,18,23H,5-6,17,19-20H2,1-4H3,(H,36,40)/t23-/m0/s1. The second kappa shape index (κ2) is 14.3. The van der Waals surface area contributed by atoms with Crippen LogP contribution >= 0.6 is 11.6 Å². The number of benzene rings is 3. The lowest BCUT2D eigenvalue weighted by atomic mass is 10.1. The fourth-order valence-electron chi connectivity index (χ4n) is 4.26. The number of alkyl halides is 3. The number of nitrogens with one attached hydrogen (secondary N) is 1. The third-order valence-corrected chi connectivity index (χ3v) is 9.02. The van der Waals surface area contributed by atoms with Crippen molar-refractivity contribution in [2.45, 2.75) is 64.2 Å². The van der Waals surface area contributed by atoms with Crippen molar-refractivity contribution >= 4 is 39.1 Å². The van der Waals surface area contributed by atoms with E-state index in [1.807, 2.05) is 26.0 Å². The van der Waals surface area contributed by atoms with Crippen LogP contribution in [0.2, 0.25) is 5.02 Å². The summed E-state index contributed by atoms with van der Waals surface area (Å²) in [5, 5.41) is 2.17. The Morgan fingerprint density at radius 3 is 2.09 bits per heavy atom. The molecule has 2 amide bonds. The average Bonchev–Trinajstić information content (AvgIpc) is 2.95. The van der Waals surface area contributed by atoms with Crippen molar-refractivity contribution in [2.24, 2.45) is 0 Å². The van der Waals surface area contributed by atoms with Crippen LogP contribution in [0, 0.1) is 13.8 Å². The third-order valence-electron chi connectivity index (χ3n) is 6.90. The van der Waals surface area contributed by atoms with Gasteiger partial charge in [-0.2, -0.15) is 13.2 Å². The lowest BCUT2D eigenvalue weighted by Crippen LogP contribution is -2.51. The van der Waals surface area contributed by atoms with Crippen LogP contribution in [0.1, 0.15) is 48.9 Å². The normalized spacial score (nSPS) is 12.5. The summed E-state index contributed by atoms with van der Waals surface area (Å²) >= 11 is 5.81. The van der Waals surface area contributed by atoms with Gasteiger partial charge in [-0.15, -0.1) is 0 Å². The molecule has 0 aliphatic carbocycles. The first-order chi connectivity index (χ1) is 20.1. The first-order valence-electron chi connectivity index (χ1n) is 13.7. The highest BCUT2D eigenvalue weighted by Gasteiger charge is 2.37. The lowest BCUT2D eigenvalue weighted by Gasteiger charge is -2.32. The molecule has 1 N–H and O–H groups in total. The molecule has 0 radical (unpaired) electrons. The van der Waals surface area contributed by atoms with Gasteiger partial charge >= 0.3 is 6.18 Å². The van der Waals surface area contributed by atoms with Gasteiger partial charge in [-0.25, -0.2) is 8.42 Å². The van der Waals surface area contributed by atoms with Crippen LogP contribution in [0.25, 0.3) is 0 Å². The van der Waals surface area contributed by atoms with Gasteiger partial charge in [0.05, 0.1) is 21.2 Å². The molecule has 0 heterocycles. The Bertz CT molecular complexity index is 1530. The highest BCUT2D eigenvalue weighted by Crippen LogP contribution is 2.38. The molecule has 0 saturated heterocycles. The van der Waals surface area contributed by atoms with E-state index in [9.17, 15) is 31.2 Å². The average molecular weight is 638 g/mol. The Labute approximate surface area is 255 Å². The van der Waals surface area contributed by atoms with Crippen molar-refractivity contribution in [1.29, 1.82) is 0 Å². The highest BCUT2D eigenvalue weighted by molar-refractivity contribution is 7.92. The number of rotatable bonds is 12. The van der Waals surface area contributed by atoms with Gasteiger partial charge in [-0.1, -0.05) is 72.5 Å². The Hall–Kier alpha value is -3.57. The summed E-state index contributed by atoms with van der Waals surface area (Å²) in [5.74, 6) is -1.22. The summed E-state index contributed by atoms with van der Waals surface area (Å²) < 4.78 is 69.7. The number of anilines is 1. The molecular weight excluding hydrogens is 603 g/mol. The summed E-state index contributed by atoms with van der Waals surface area (Å²) in [6, 6.07) is 14.6.